The predicted octanol–water partition coefficient (Wildman–Crippen LogP) is 3.63. The number of benzene rings is 1. The molecule has 0 unspecified atom stereocenters. The van der Waals surface area contributed by atoms with E-state index in [1.807, 2.05) is 36.5 Å². The maximum absolute atomic E-state index is 12.0. The van der Waals surface area contributed by atoms with Gasteiger partial charge in [0.15, 0.2) is 6.29 Å². The van der Waals surface area contributed by atoms with E-state index in [1.165, 1.54) is 0 Å². The number of nitrogens with zero attached hydrogens (tertiary/aromatic N) is 2. The summed E-state index contributed by atoms with van der Waals surface area (Å²) in [4.78, 5) is 31.4. The van der Waals surface area contributed by atoms with Gasteiger partial charge >= 0.3 is 0 Å². The molecule has 2 aromatic heterocycles. The Hall–Kier alpha value is -2.88. The van der Waals surface area contributed by atoms with Crippen molar-refractivity contribution in [3.05, 3.63) is 60.2 Å². The molecule has 1 fully saturated rings. The van der Waals surface area contributed by atoms with Gasteiger partial charge in [-0.1, -0.05) is 12.1 Å². The minimum Gasteiger partial charge on any atom is -0.299 e. The normalized spacial score (nSPS) is 13.8. The highest BCUT2D eigenvalue weighted by Gasteiger charge is 2.29. The van der Waals surface area contributed by atoms with Crippen LogP contribution in [0.25, 0.3) is 21.9 Å². The maximum Gasteiger partial charge on any atom is 0.151 e. The Morgan fingerprint density at radius 2 is 1.92 bits per heavy atom. The van der Waals surface area contributed by atoms with E-state index in [2.05, 4.69) is 9.97 Å². The molecule has 118 valence electrons. The number of hydrogen-bond donors (Lipinski definition) is 0. The number of aldehydes is 1. The Kier molecular flexibility index (Phi) is 3.65. The van der Waals surface area contributed by atoms with E-state index >= 15 is 0 Å². The van der Waals surface area contributed by atoms with Crippen molar-refractivity contribution >= 4 is 22.8 Å². The summed E-state index contributed by atoms with van der Waals surface area (Å²) < 4.78 is 0. The topological polar surface area (TPSA) is 59.9 Å². The third-order valence-electron chi connectivity index (χ3n) is 4.40. The van der Waals surface area contributed by atoms with E-state index in [1.54, 1.807) is 12.4 Å². The lowest BCUT2D eigenvalue weighted by molar-refractivity contribution is -0.119. The fraction of sp³-hybridized carbons (Fsp3) is 0.200. The molecule has 4 rings (SSSR count). The van der Waals surface area contributed by atoms with Crippen molar-refractivity contribution in [1.29, 1.82) is 0 Å². The number of carbonyl (C=O) groups is 2. The molecule has 0 bridgehead atoms. The van der Waals surface area contributed by atoms with E-state index in [-0.39, 0.29) is 5.92 Å². The lowest BCUT2D eigenvalue weighted by Gasteiger charge is -2.06. The number of Topliss-reactive ketones (excluding diaryl/α,β-unsaturated/α-hetero) is 1. The molecule has 24 heavy (non-hydrogen) atoms. The maximum atomic E-state index is 12.0. The van der Waals surface area contributed by atoms with Crippen molar-refractivity contribution < 1.29 is 9.59 Å². The molecule has 0 saturated heterocycles. The number of pyridine rings is 2. The van der Waals surface area contributed by atoms with Crippen LogP contribution in [0.5, 0.6) is 0 Å². The first-order valence-corrected chi connectivity index (χ1v) is 8.05. The number of ketones is 1. The molecule has 2 heterocycles. The molecule has 0 atom stereocenters. The summed E-state index contributed by atoms with van der Waals surface area (Å²) in [6.07, 6.45) is 8.36. The van der Waals surface area contributed by atoms with Crippen molar-refractivity contribution in [3.63, 3.8) is 0 Å². The standard InChI is InChI=1S/C20H16N2O2/c23-12-13-5-18(10-21-9-13)15-3-4-16-11-22-19(7-17(16)6-15)8-20(24)14-1-2-14/h3-7,9-12,14H,1-2,8H2. The molecule has 3 aromatic rings. The van der Waals surface area contributed by atoms with E-state index < -0.39 is 0 Å². The second-order valence-electron chi connectivity index (χ2n) is 6.28. The summed E-state index contributed by atoms with van der Waals surface area (Å²) in [6.45, 7) is 0. The SMILES string of the molecule is O=Cc1cncc(-c2ccc3cnc(CC(=O)C4CC4)cc3c2)c1. The van der Waals surface area contributed by atoms with Gasteiger partial charge in [-0.2, -0.15) is 0 Å². The van der Waals surface area contributed by atoms with Crippen LogP contribution in [0.3, 0.4) is 0 Å². The van der Waals surface area contributed by atoms with Crippen LogP contribution >= 0.6 is 0 Å². The average molecular weight is 316 g/mol. The minimum atomic E-state index is 0.256. The monoisotopic (exact) mass is 316 g/mol. The van der Waals surface area contributed by atoms with Gasteiger partial charge in [0.05, 0.1) is 0 Å². The number of fused-ring (bicyclic) bond motifs is 1. The van der Waals surface area contributed by atoms with Crippen molar-refractivity contribution in [2.45, 2.75) is 19.3 Å². The van der Waals surface area contributed by atoms with Crippen molar-refractivity contribution in [2.24, 2.45) is 5.92 Å². The van der Waals surface area contributed by atoms with Crippen LogP contribution < -0.4 is 0 Å². The minimum absolute atomic E-state index is 0.256. The molecule has 1 saturated carbocycles. The highest BCUT2D eigenvalue weighted by Crippen LogP contribution is 2.31. The molecule has 0 amide bonds. The molecular weight excluding hydrogens is 300 g/mol. The van der Waals surface area contributed by atoms with Crippen molar-refractivity contribution in [3.8, 4) is 11.1 Å². The zero-order valence-corrected chi connectivity index (χ0v) is 13.1. The molecule has 1 aromatic carbocycles. The average Bonchev–Trinajstić information content (AvgIpc) is 3.46. The third-order valence-corrected chi connectivity index (χ3v) is 4.40. The van der Waals surface area contributed by atoms with Crippen LogP contribution in [-0.4, -0.2) is 22.0 Å². The van der Waals surface area contributed by atoms with Crippen LogP contribution in [0.4, 0.5) is 0 Å². The fourth-order valence-corrected chi connectivity index (χ4v) is 2.87. The third kappa shape index (κ3) is 2.95. The van der Waals surface area contributed by atoms with E-state index in [0.29, 0.717) is 17.8 Å². The smallest absolute Gasteiger partial charge is 0.151 e. The Morgan fingerprint density at radius 1 is 1.04 bits per heavy atom. The number of carbonyl (C=O) groups excluding carboxylic acids is 2. The zero-order chi connectivity index (χ0) is 16.5. The zero-order valence-electron chi connectivity index (χ0n) is 13.1. The first-order chi connectivity index (χ1) is 11.7. The Balaban J connectivity index is 1.69. The van der Waals surface area contributed by atoms with E-state index in [0.717, 1.165) is 46.7 Å². The largest absolute Gasteiger partial charge is 0.299 e. The van der Waals surface area contributed by atoms with Gasteiger partial charge in [0.25, 0.3) is 0 Å². The second-order valence-corrected chi connectivity index (χ2v) is 6.28. The highest BCUT2D eigenvalue weighted by atomic mass is 16.1. The second kappa shape index (κ2) is 5.96. The Morgan fingerprint density at radius 3 is 2.71 bits per heavy atom. The van der Waals surface area contributed by atoms with Crippen LogP contribution in [0.15, 0.2) is 48.9 Å². The first-order valence-electron chi connectivity index (χ1n) is 8.05. The number of hydrogen-bond acceptors (Lipinski definition) is 4. The molecule has 4 nitrogen and oxygen atoms in total. The van der Waals surface area contributed by atoms with Gasteiger partial charge in [-0.3, -0.25) is 19.6 Å². The molecule has 0 spiro atoms. The molecule has 0 aliphatic heterocycles. The summed E-state index contributed by atoms with van der Waals surface area (Å²) >= 11 is 0. The van der Waals surface area contributed by atoms with E-state index in [4.69, 9.17) is 0 Å². The van der Waals surface area contributed by atoms with Gasteiger partial charge in [0.1, 0.15) is 5.78 Å². The van der Waals surface area contributed by atoms with Crippen LogP contribution in [-0.2, 0) is 11.2 Å². The first kappa shape index (κ1) is 14.7. The lowest BCUT2D eigenvalue weighted by atomic mass is 10.0. The van der Waals surface area contributed by atoms with Crippen LogP contribution in [0.1, 0.15) is 28.9 Å². The summed E-state index contributed by atoms with van der Waals surface area (Å²) in [5.74, 6) is 0.548. The molecule has 0 N–H and O–H groups in total. The van der Waals surface area contributed by atoms with Gasteiger partial charge < -0.3 is 0 Å². The van der Waals surface area contributed by atoms with Crippen molar-refractivity contribution in [2.75, 3.05) is 0 Å². The summed E-state index contributed by atoms with van der Waals surface area (Å²) in [5.41, 5.74) is 3.26. The predicted molar refractivity (Wildman–Crippen MR) is 91.8 cm³/mol. The summed E-state index contributed by atoms with van der Waals surface area (Å²) in [7, 11) is 0. The van der Waals surface area contributed by atoms with E-state index in [9.17, 15) is 9.59 Å². The lowest BCUT2D eigenvalue weighted by Crippen LogP contribution is -2.06. The fourth-order valence-electron chi connectivity index (χ4n) is 2.87. The quantitative estimate of drug-likeness (QED) is 0.674. The molecular formula is C20H16N2O2. The highest BCUT2D eigenvalue weighted by molar-refractivity contribution is 5.89. The molecule has 0 radical (unpaired) electrons. The van der Waals surface area contributed by atoms with Gasteiger partial charge in [0.2, 0.25) is 0 Å². The Labute approximate surface area is 139 Å². The molecule has 4 heteroatoms. The van der Waals surface area contributed by atoms with Gasteiger partial charge in [-0.05, 0) is 42.0 Å². The molecule has 1 aliphatic rings. The van der Waals surface area contributed by atoms with Crippen molar-refractivity contribution in [1.82, 2.24) is 9.97 Å². The van der Waals surface area contributed by atoms with Gasteiger partial charge in [-0.15, -0.1) is 0 Å². The van der Waals surface area contributed by atoms with Crippen LogP contribution in [0.2, 0.25) is 0 Å². The number of rotatable bonds is 5. The summed E-state index contributed by atoms with van der Waals surface area (Å²) in [6, 6.07) is 9.84. The van der Waals surface area contributed by atoms with Crippen LogP contribution in [0, 0.1) is 5.92 Å². The Bertz CT molecular complexity index is 945. The van der Waals surface area contributed by atoms with Gasteiger partial charge in [-0.25, -0.2) is 0 Å². The molecule has 1 aliphatic carbocycles. The van der Waals surface area contributed by atoms with Gasteiger partial charge in [0, 0.05) is 53.1 Å². The number of aromatic nitrogens is 2. The summed E-state index contributed by atoms with van der Waals surface area (Å²) in [5, 5.41) is 2.07.